The molecular formula is C11H15N3O2. The number of nitrogens with one attached hydrogen (secondary N) is 2. The van der Waals surface area contributed by atoms with Gasteiger partial charge in [0.2, 0.25) is 5.91 Å². The smallest absolute Gasteiger partial charge is 0.234 e. The third-order valence-electron chi connectivity index (χ3n) is 2.10. The first-order valence-corrected chi connectivity index (χ1v) is 5.14. The molecule has 0 bridgehead atoms. The SMILES string of the molecule is C[C@H](NCC(=O)NCCC#N)c1ccco1. The topological polar surface area (TPSA) is 78.1 Å². The standard InChI is InChI=1S/C11H15N3O2/c1-9(10-4-2-7-16-10)14-8-11(15)13-6-3-5-12/h2,4,7,9,14H,3,6,8H2,1H3,(H,13,15)/t9-/m0/s1. The molecule has 0 saturated heterocycles. The molecule has 0 aliphatic heterocycles. The molecule has 0 unspecified atom stereocenters. The molecule has 1 aromatic heterocycles. The van der Waals surface area contributed by atoms with Gasteiger partial charge < -0.3 is 9.73 Å². The van der Waals surface area contributed by atoms with Gasteiger partial charge in [-0.3, -0.25) is 10.1 Å². The quantitative estimate of drug-likeness (QED) is 0.701. The van der Waals surface area contributed by atoms with E-state index in [4.69, 9.17) is 9.68 Å². The van der Waals surface area contributed by atoms with Gasteiger partial charge in [0.15, 0.2) is 0 Å². The van der Waals surface area contributed by atoms with Crippen LogP contribution in [-0.4, -0.2) is 19.0 Å². The molecule has 5 nitrogen and oxygen atoms in total. The number of nitriles is 1. The number of amides is 1. The van der Waals surface area contributed by atoms with Crippen molar-refractivity contribution in [2.24, 2.45) is 0 Å². The Morgan fingerprint density at radius 1 is 1.69 bits per heavy atom. The number of furan rings is 1. The summed E-state index contributed by atoms with van der Waals surface area (Å²) in [7, 11) is 0. The van der Waals surface area contributed by atoms with Crippen LogP contribution in [0.25, 0.3) is 0 Å². The number of hydrogen-bond acceptors (Lipinski definition) is 4. The summed E-state index contributed by atoms with van der Waals surface area (Å²) in [5, 5.41) is 13.9. The maximum atomic E-state index is 11.3. The number of nitrogens with zero attached hydrogens (tertiary/aromatic N) is 1. The summed E-state index contributed by atoms with van der Waals surface area (Å²) < 4.78 is 5.19. The van der Waals surface area contributed by atoms with Crippen LogP contribution < -0.4 is 10.6 Å². The lowest BCUT2D eigenvalue weighted by molar-refractivity contribution is -0.120. The molecule has 1 amide bonds. The van der Waals surface area contributed by atoms with Gasteiger partial charge in [0, 0.05) is 6.54 Å². The van der Waals surface area contributed by atoms with E-state index in [1.165, 1.54) is 0 Å². The highest BCUT2D eigenvalue weighted by molar-refractivity contribution is 5.78. The van der Waals surface area contributed by atoms with E-state index >= 15 is 0 Å². The Hall–Kier alpha value is -1.80. The van der Waals surface area contributed by atoms with Crippen molar-refractivity contribution < 1.29 is 9.21 Å². The Labute approximate surface area is 94.4 Å². The van der Waals surface area contributed by atoms with Gasteiger partial charge in [-0.15, -0.1) is 0 Å². The number of carbonyl (C=O) groups excluding carboxylic acids is 1. The largest absolute Gasteiger partial charge is 0.468 e. The van der Waals surface area contributed by atoms with Crippen LogP contribution in [-0.2, 0) is 4.79 Å². The van der Waals surface area contributed by atoms with Crippen LogP contribution in [0.4, 0.5) is 0 Å². The van der Waals surface area contributed by atoms with E-state index in [0.717, 1.165) is 5.76 Å². The van der Waals surface area contributed by atoms with Crippen LogP contribution >= 0.6 is 0 Å². The summed E-state index contributed by atoms with van der Waals surface area (Å²) in [6.07, 6.45) is 1.93. The van der Waals surface area contributed by atoms with E-state index < -0.39 is 0 Å². The Morgan fingerprint density at radius 2 is 2.50 bits per heavy atom. The second-order valence-electron chi connectivity index (χ2n) is 3.38. The second kappa shape index (κ2) is 6.64. The van der Waals surface area contributed by atoms with E-state index in [1.54, 1.807) is 12.3 Å². The fourth-order valence-corrected chi connectivity index (χ4v) is 1.20. The van der Waals surface area contributed by atoms with E-state index in [2.05, 4.69) is 10.6 Å². The van der Waals surface area contributed by atoms with Crippen molar-refractivity contribution in [1.82, 2.24) is 10.6 Å². The highest BCUT2D eigenvalue weighted by atomic mass is 16.3. The van der Waals surface area contributed by atoms with Gasteiger partial charge in [-0.05, 0) is 19.1 Å². The summed E-state index contributed by atoms with van der Waals surface area (Å²) in [5.74, 6) is 0.679. The minimum absolute atomic E-state index is 0.00304. The average molecular weight is 221 g/mol. The first kappa shape index (κ1) is 12.3. The lowest BCUT2D eigenvalue weighted by Crippen LogP contribution is -2.35. The number of rotatable bonds is 6. The fourth-order valence-electron chi connectivity index (χ4n) is 1.20. The van der Waals surface area contributed by atoms with Crippen molar-refractivity contribution in [3.05, 3.63) is 24.2 Å². The molecule has 0 aromatic carbocycles. The first-order chi connectivity index (χ1) is 7.74. The molecule has 16 heavy (non-hydrogen) atoms. The molecule has 0 fully saturated rings. The third kappa shape index (κ3) is 4.15. The number of hydrogen-bond donors (Lipinski definition) is 2. The molecule has 0 aliphatic rings. The average Bonchev–Trinajstić information content (AvgIpc) is 2.79. The molecule has 1 aromatic rings. The van der Waals surface area contributed by atoms with Gasteiger partial charge in [0.1, 0.15) is 5.76 Å². The van der Waals surface area contributed by atoms with Crippen LogP contribution in [0.15, 0.2) is 22.8 Å². The van der Waals surface area contributed by atoms with Crippen molar-refractivity contribution in [1.29, 1.82) is 5.26 Å². The maximum Gasteiger partial charge on any atom is 0.234 e. The van der Waals surface area contributed by atoms with Crippen LogP contribution in [0.3, 0.4) is 0 Å². The lowest BCUT2D eigenvalue weighted by Gasteiger charge is -2.10. The minimum atomic E-state index is -0.117. The van der Waals surface area contributed by atoms with Crippen LogP contribution in [0.1, 0.15) is 25.1 Å². The van der Waals surface area contributed by atoms with Crippen molar-refractivity contribution in [3.63, 3.8) is 0 Å². The molecule has 0 saturated carbocycles. The fraction of sp³-hybridized carbons (Fsp3) is 0.455. The second-order valence-corrected chi connectivity index (χ2v) is 3.38. The highest BCUT2D eigenvalue weighted by Crippen LogP contribution is 2.11. The summed E-state index contributed by atoms with van der Waals surface area (Å²) in [5.41, 5.74) is 0. The number of carbonyl (C=O) groups is 1. The van der Waals surface area contributed by atoms with E-state index in [0.29, 0.717) is 13.0 Å². The molecule has 1 rings (SSSR count). The third-order valence-corrected chi connectivity index (χ3v) is 2.10. The van der Waals surface area contributed by atoms with Crippen molar-refractivity contribution in [2.45, 2.75) is 19.4 Å². The van der Waals surface area contributed by atoms with Gasteiger partial charge >= 0.3 is 0 Å². The maximum absolute atomic E-state index is 11.3. The van der Waals surface area contributed by atoms with Gasteiger partial charge in [0.25, 0.3) is 0 Å². The summed E-state index contributed by atoms with van der Waals surface area (Å²) in [6, 6.07) is 5.62. The van der Waals surface area contributed by atoms with E-state index in [1.807, 2.05) is 19.1 Å². The summed E-state index contributed by atoms with van der Waals surface area (Å²) >= 11 is 0. The Kier molecular flexibility index (Phi) is 5.09. The van der Waals surface area contributed by atoms with E-state index in [-0.39, 0.29) is 18.5 Å². The van der Waals surface area contributed by atoms with Crippen molar-refractivity contribution >= 4 is 5.91 Å². The summed E-state index contributed by atoms with van der Waals surface area (Å²) in [6.45, 7) is 2.53. The Balaban J connectivity index is 2.19. The highest BCUT2D eigenvalue weighted by Gasteiger charge is 2.09. The molecule has 0 aliphatic carbocycles. The predicted molar refractivity (Wildman–Crippen MR) is 58.4 cm³/mol. The Bertz CT molecular complexity index is 354. The van der Waals surface area contributed by atoms with E-state index in [9.17, 15) is 4.79 Å². The van der Waals surface area contributed by atoms with Crippen LogP contribution in [0, 0.1) is 11.3 Å². The molecule has 5 heteroatoms. The van der Waals surface area contributed by atoms with Crippen molar-refractivity contribution in [2.75, 3.05) is 13.1 Å². The molecule has 1 atom stereocenters. The zero-order valence-corrected chi connectivity index (χ0v) is 9.19. The zero-order chi connectivity index (χ0) is 11.8. The monoisotopic (exact) mass is 221 g/mol. The van der Waals surface area contributed by atoms with Crippen LogP contribution in [0.2, 0.25) is 0 Å². The molecular weight excluding hydrogens is 206 g/mol. The molecule has 86 valence electrons. The van der Waals surface area contributed by atoms with Gasteiger partial charge in [-0.1, -0.05) is 0 Å². The normalized spacial score (nSPS) is 11.8. The van der Waals surface area contributed by atoms with Gasteiger partial charge in [0.05, 0.1) is 31.3 Å². The zero-order valence-electron chi connectivity index (χ0n) is 9.19. The lowest BCUT2D eigenvalue weighted by atomic mass is 10.2. The summed E-state index contributed by atoms with van der Waals surface area (Å²) in [4.78, 5) is 11.3. The minimum Gasteiger partial charge on any atom is -0.468 e. The van der Waals surface area contributed by atoms with Gasteiger partial charge in [-0.2, -0.15) is 5.26 Å². The molecule has 0 spiro atoms. The van der Waals surface area contributed by atoms with Gasteiger partial charge in [-0.25, -0.2) is 0 Å². The predicted octanol–water partition coefficient (Wildman–Crippen LogP) is 0.960. The molecule has 0 radical (unpaired) electrons. The Morgan fingerprint density at radius 3 is 3.12 bits per heavy atom. The first-order valence-electron chi connectivity index (χ1n) is 5.14. The van der Waals surface area contributed by atoms with Crippen molar-refractivity contribution in [3.8, 4) is 6.07 Å². The molecule has 2 N–H and O–H groups in total. The van der Waals surface area contributed by atoms with Crippen LogP contribution in [0.5, 0.6) is 0 Å². The molecule has 1 heterocycles.